The predicted octanol–water partition coefficient (Wildman–Crippen LogP) is 3.15. The molecule has 0 radical (unpaired) electrons. The third-order valence-corrected chi connectivity index (χ3v) is 6.50. The van der Waals surface area contributed by atoms with Crippen molar-refractivity contribution in [1.82, 2.24) is 10.2 Å². The van der Waals surface area contributed by atoms with Crippen LogP contribution in [0.5, 0.6) is 0 Å². The van der Waals surface area contributed by atoms with Gasteiger partial charge in [0.05, 0.1) is 11.9 Å². The molecule has 0 heterocycles. The lowest BCUT2D eigenvalue weighted by Gasteiger charge is -2.32. The molecule has 2 amide bonds. The van der Waals surface area contributed by atoms with Crippen LogP contribution in [0.25, 0.3) is 0 Å². The quantitative estimate of drug-likeness (QED) is 0.570. The Labute approximate surface area is 195 Å². The minimum atomic E-state index is -3.82. The molecule has 0 aromatic heterocycles. The molecule has 1 atom stereocenters. The van der Waals surface area contributed by atoms with Gasteiger partial charge in [0.25, 0.3) is 0 Å². The Kier molecular flexibility index (Phi) is 8.99. The molecule has 180 valence electrons. The van der Waals surface area contributed by atoms with Crippen LogP contribution in [0.3, 0.4) is 0 Å². The number of halogens is 1. The fraction of sp³-hybridized carbons (Fsp3) is 0.417. The van der Waals surface area contributed by atoms with Crippen molar-refractivity contribution < 1.29 is 22.4 Å². The van der Waals surface area contributed by atoms with Gasteiger partial charge in [0.15, 0.2) is 0 Å². The molecule has 0 spiro atoms. The second-order valence-electron chi connectivity index (χ2n) is 8.09. The number of hydrogen-bond donors (Lipinski definition) is 1. The number of nitrogens with zero attached hydrogens (tertiary/aromatic N) is 2. The van der Waals surface area contributed by atoms with Crippen molar-refractivity contribution in [3.63, 3.8) is 0 Å². The number of sulfonamides is 1. The van der Waals surface area contributed by atoms with E-state index in [2.05, 4.69) is 5.32 Å². The number of carbonyl (C=O) groups excluding carboxylic acids is 2. The van der Waals surface area contributed by atoms with Crippen molar-refractivity contribution in [1.29, 1.82) is 0 Å². The summed E-state index contributed by atoms with van der Waals surface area (Å²) < 4.78 is 40.7. The van der Waals surface area contributed by atoms with Crippen molar-refractivity contribution in [2.75, 3.05) is 23.7 Å². The molecular formula is C24H32FN3O4S. The van der Waals surface area contributed by atoms with Gasteiger partial charge >= 0.3 is 0 Å². The van der Waals surface area contributed by atoms with Gasteiger partial charge in [-0.05, 0) is 44.4 Å². The molecule has 2 rings (SSSR count). The van der Waals surface area contributed by atoms with E-state index < -0.39 is 34.3 Å². The normalized spacial score (nSPS) is 12.2. The lowest BCUT2D eigenvalue weighted by atomic mass is 10.1. The van der Waals surface area contributed by atoms with Crippen LogP contribution < -0.4 is 9.62 Å². The lowest BCUT2D eigenvalue weighted by Crippen LogP contribution is -2.51. The summed E-state index contributed by atoms with van der Waals surface area (Å²) in [5.74, 6) is -1.50. The van der Waals surface area contributed by atoms with E-state index in [0.29, 0.717) is 29.8 Å². The van der Waals surface area contributed by atoms with Gasteiger partial charge in [0, 0.05) is 18.7 Å². The zero-order valence-corrected chi connectivity index (χ0v) is 20.6. The van der Waals surface area contributed by atoms with Crippen molar-refractivity contribution in [3.8, 4) is 0 Å². The molecule has 2 aromatic carbocycles. The molecule has 0 bridgehead atoms. The fourth-order valence-corrected chi connectivity index (χ4v) is 4.53. The number of amides is 2. The summed E-state index contributed by atoms with van der Waals surface area (Å²) in [7, 11) is -3.82. The van der Waals surface area contributed by atoms with E-state index in [0.717, 1.165) is 10.6 Å². The van der Waals surface area contributed by atoms with E-state index in [-0.39, 0.29) is 18.0 Å². The Morgan fingerprint density at radius 1 is 1.06 bits per heavy atom. The van der Waals surface area contributed by atoms with Gasteiger partial charge in [-0.3, -0.25) is 13.9 Å². The van der Waals surface area contributed by atoms with Gasteiger partial charge in [-0.25, -0.2) is 12.8 Å². The first-order chi connectivity index (χ1) is 15.5. The molecular weight excluding hydrogens is 445 g/mol. The molecule has 33 heavy (non-hydrogen) atoms. The molecule has 2 aromatic rings. The summed E-state index contributed by atoms with van der Waals surface area (Å²) in [6.45, 7) is 6.74. The summed E-state index contributed by atoms with van der Waals surface area (Å²) in [6.07, 6.45) is 1.75. The molecule has 1 N–H and O–H groups in total. The number of rotatable bonds is 10. The Hall–Kier alpha value is -2.94. The van der Waals surface area contributed by atoms with Crippen LogP contribution in [0.1, 0.15) is 37.0 Å². The van der Waals surface area contributed by atoms with Crippen LogP contribution in [0.2, 0.25) is 0 Å². The zero-order valence-electron chi connectivity index (χ0n) is 19.8. The van der Waals surface area contributed by atoms with Crippen molar-refractivity contribution in [2.24, 2.45) is 0 Å². The van der Waals surface area contributed by atoms with Gasteiger partial charge in [-0.15, -0.1) is 0 Å². The summed E-state index contributed by atoms with van der Waals surface area (Å²) in [4.78, 5) is 27.3. The highest BCUT2D eigenvalue weighted by Gasteiger charge is 2.31. The maximum Gasteiger partial charge on any atom is 0.244 e. The first kappa shape index (κ1) is 26.3. The third-order valence-electron chi connectivity index (χ3n) is 5.38. The van der Waals surface area contributed by atoms with Gasteiger partial charge < -0.3 is 10.2 Å². The summed E-state index contributed by atoms with van der Waals surface area (Å²) in [5, 5.41) is 2.74. The van der Waals surface area contributed by atoms with E-state index in [9.17, 15) is 22.4 Å². The lowest BCUT2D eigenvalue weighted by molar-refractivity contribution is -0.139. The van der Waals surface area contributed by atoms with Crippen molar-refractivity contribution in [2.45, 2.75) is 46.7 Å². The van der Waals surface area contributed by atoms with E-state index in [1.807, 2.05) is 6.92 Å². The van der Waals surface area contributed by atoms with Crippen LogP contribution in [-0.4, -0.2) is 50.5 Å². The van der Waals surface area contributed by atoms with Crippen LogP contribution in [-0.2, 0) is 26.2 Å². The van der Waals surface area contributed by atoms with E-state index >= 15 is 0 Å². The standard InChI is InChI=1S/C24H32FN3O4S/c1-6-14-26-24(30)19(4)27(15-20-12-7-8-13-21(20)25)22(29)16-28(33(5,31)32)23-17(2)10-9-11-18(23)3/h7-13,19H,6,14-16H2,1-5H3,(H,26,30)/t19-/m0/s1. The van der Waals surface area contributed by atoms with E-state index in [1.165, 1.54) is 23.1 Å². The molecule has 0 aliphatic heterocycles. The fourth-order valence-electron chi connectivity index (χ4n) is 3.56. The SMILES string of the molecule is CCCNC(=O)[C@H](C)N(Cc1ccccc1F)C(=O)CN(c1c(C)cccc1C)S(C)(=O)=O. The monoisotopic (exact) mass is 477 g/mol. The number of anilines is 1. The molecule has 0 fully saturated rings. The number of nitrogens with one attached hydrogen (secondary N) is 1. The molecule has 0 saturated heterocycles. The van der Waals surface area contributed by atoms with Gasteiger partial charge in [0.2, 0.25) is 21.8 Å². The maximum absolute atomic E-state index is 14.4. The largest absolute Gasteiger partial charge is 0.354 e. The molecule has 7 nitrogen and oxygen atoms in total. The number of aryl methyl sites for hydroxylation is 2. The second kappa shape index (κ2) is 11.3. The predicted molar refractivity (Wildman–Crippen MR) is 128 cm³/mol. The highest BCUT2D eigenvalue weighted by molar-refractivity contribution is 7.92. The van der Waals surface area contributed by atoms with E-state index in [4.69, 9.17) is 0 Å². The molecule has 0 aliphatic carbocycles. The molecule has 0 saturated carbocycles. The molecule has 0 unspecified atom stereocenters. The summed E-state index contributed by atoms with van der Waals surface area (Å²) in [5.41, 5.74) is 2.05. The minimum absolute atomic E-state index is 0.170. The van der Waals surface area contributed by atoms with Crippen molar-refractivity contribution >= 4 is 27.5 Å². The zero-order chi connectivity index (χ0) is 24.8. The summed E-state index contributed by atoms with van der Waals surface area (Å²) >= 11 is 0. The van der Waals surface area contributed by atoms with Crippen molar-refractivity contribution in [3.05, 3.63) is 65.0 Å². The van der Waals surface area contributed by atoms with Gasteiger partial charge in [0.1, 0.15) is 18.4 Å². The van der Waals surface area contributed by atoms with E-state index in [1.54, 1.807) is 45.0 Å². The Balaban J connectivity index is 2.45. The Morgan fingerprint density at radius 2 is 1.67 bits per heavy atom. The summed E-state index contributed by atoms with van der Waals surface area (Å²) in [6, 6.07) is 10.4. The highest BCUT2D eigenvalue weighted by atomic mass is 32.2. The van der Waals surface area contributed by atoms with Crippen LogP contribution in [0.4, 0.5) is 10.1 Å². The second-order valence-corrected chi connectivity index (χ2v) is 10.00. The average molecular weight is 478 g/mol. The van der Waals surface area contributed by atoms with Crippen LogP contribution in [0.15, 0.2) is 42.5 Å². The number of hydrogen-bond acceptors (Lipinski definition) is 4. The number of para-hydroxylation sites is 1. The molecule has 0 aliphatic rings. The highest BCUT2D eigenvalue weighted by Crippen LogP contribution is 2.27. The Morgan fingerprint density at radius 3 is 2.21 bits per heavy atom. The van der Waals surface area contributed by atoms with Gasteiger partial charge in [-0.2, -0.15) is 0 Å². The average Bonchev–Trinajstić information content (AvgIpc) is 2.74. The van der Waals surface area contributed by atoms with Gasteiger partial charge in [-0.1, -0.05) is 43.3 Å². The van der Waals surface area contributed by atoms with Crippen LogP contribution in [0, 0.1) is 19.7 Å². The number of carbonyl (C=O) groups is 2. The minimum Gasteiger partial charge on any atom is -0.354 e. The smallest absolute Gasteiger partial charge is 0.244 e. The Bertz CT molecular complexity index is 1080. The maximum atomic E-state index is 14.4. The molecule has 9 heteroatoms. The first-order valence-corrected chi connectivity index (χ1v) is 12.7. The van der Waals surface area contributed by atoms with Crippen LogP contribution >= 0.6 is 0 Å². The third kappa shape index (κ3) is 6.77. The first-order valence-electron chi connectivity index (χ1n) is 10.8. The number of benzene rings is 2. The topological polar surface area (TPSA) is 86.8 Å².